The topological polar surface area (TPSA) is 75.4 Å². The van der Waals surface area contributed by atoms with E-state index in [-0.39, 0.29) is 30.3 Å². The van der Waals surface area contributed by atoms with Gasteiger partial charge in [0.1, 0.15) is 0 Å². The summed E-state index contributed by atoms with van der Waals surface area (Å²) in [7, 11) is 0. The molecule has 132 valence electrons. The van der Waals surface area contributed by atoms with Crippen LogP contribution >= 0.6 is 12.4 Å². The van der Waals surface area contributed by atoms with E-state index in [0.717, 1.165) is 32.2 Å². The van der Waals surface area contributed by atoms with Crippen LogP contribution in [0.5, 0.6) is 0 Å². The minimum atomic E-state index is -0.00234. The van der Waals surface area contributed by atoms with Gasteiger partial charge in [-0.25, -0.2) is 0 Å². The van der Waals surface area contributed by atoms with Crippen LogP contribution in [0.15, 0.2) is 0 Å². The average molecular weight is 344 g/mol. The maximum Gasteiger partial charge on any atom is 0.225 e. The third-order valence-corrected chi connectivity index (χ3v) is 5.90. The van der Waals surface area contributed by atoms with Crippen LogP contribution in [0.3, 0.4) is 0 Å². The van der Waals surface area contributed by atoms with E-state index >= 15 is 0 Å². The number of carbonyl (C=O) groups excluding carboxylic acids is 2. The fourth-order valence-electron chi connectivity index (χ4n) is 4.83. The number of halogens is 1. The first-order valence-electron chi connectivity index (χ1n) is 8.86. The van der Waals surface area contributed by atoms with Gasteiger partial charge >= 0.3 is 0 Å². The van der Waals surface area contributed by atoms with E-state index in [4.69, 9.17) is 5.73 Å². The molecule has 3 unspecified atom stereocenters. The molecule has 23 heavy (non-hydrogen) atoms. The van der Waals surface area contributed by atoms with Crippen LogP contribution in [0.4, 0.5) is 0 Å². The molecule has 2 aliphatic carbocycles. The molecular weight excluding hydrogens is 314 g/mol. The number of piperidine rings is 1. The zero-order chi connectivity index (χ0) is 15.7. The van der Waals surface area contributed by atoms with E-state index < -0.39 is 0 Å². The van der Waals surface area contributed by atoms with Crippen LogP contribution < -0.4 is 11.1 Å². The highest BCUT2D eigenvalue weighted by atomic mass is 35.5. The van der Waals surface area contributed by atoms with Crippen LogP contribution in [0, 0.1) is 17.8 Å². The summed E-state index contributed by atoms with van der Waals surface area (Å²) in [5, 5.41) is 2.96. The first-order valence-corrected chi connectivity index (χ1v) is 8.86. The van der Waals surface area contributed by atoms with Crippen molar-refractivity contribution in [2.75, 3.05) is 13.1 Å². The number of nitrogens with zero attached hydrogens (tertiary/aromatic N) is 1. The molecule has 6 heteroatoms. The quantitative estimate of drug-likeness (QED) is 0.801. The lowest BCUT2D eigenvalue weighted by Crippen LogP contribution is -2.53. The van der Waals surface area contributed by atoms with E-state index in [1.54, 1.807) is 6.92 Å². The lowest BCUT2D eigenvalue weighted by Gasteiger charge is -2.45. The van der Waals surface area contributed by atoms with Crippen LogP contribution in [-0.2, 0) is 9.59 Å². The molecule has 3 atom stereocenters. The third kappa shape index (κ3) is 4.18. The molecule has 3 rings (SSSR count). The van der Waals surface area contributed by atoms with E-state index in [9.17, 15) is 9.59 Å². The summed E-state index contributed by atoms with van der Waals surface area (Å²) in [6.07, 6.45) is 7.56. The van der Waals surface area contributed by atoms with Crippen molar-refractivity contribution in [3.63, 3.8) is 0 Å². The molecule has 1 aliphatic heterocycles. The van der Waals surface area contributed by atoms with Crippen LogP contribution in [0.2, 0.25) is 0 Å². The summed E-state index contributed by atoms with van der Waals surface area (Å²) in [4.78, 5) is 26.1. The normalized spacial score (nSPS) is 36.8. The number of amides is 2. The highest BCUT2D eigenvalue weighted by Crippen LogP contribution is 2.42. The molecule has 0 aromatic rings. The van der Waals surface area contributed by atoms with Gasteiger partial charge in [0.15, 0.2) is 0 Å². The van der Waals surface area contributed by atoms with Crippen molar-refractivity contribution in [2.45, 2.75) is 64.0 Å². The summed E-state index contributed by atoms with van der Waals surface area (Å²) in [5.41, 5.74) is 6.33. The Hall–Kier alpha value is -0.810. The zero-order valence-electron chi connectivity index (χ0n) is 14.0. The number of nitrogens with one attached hydrogen (secondary N) is 1. The monoisotopic (exact) mass is 343 g/mol. The van der Waals surface area contributed by atoms with Crippen molar-refractivity contribution >= 4 is 24.2 Å². The van der Waals surface area contributed by atoms with E-state index in [1.165, 1.54) is 19.3 Å². The molecule has 5 nitrogen and oxygen atoms in total. The number of fused-ring (bicyclic) bond motifs is 2. The maximum atomic E-state index is 12.9. The first-order chi connectivity index (χ1) is 10.5. The average Bonchev–Trinajstić information content (AvgIpc) is 2.46. The van der Waals surface area contributed by atoms with Gasteiger partial charge in [0, 0.05) is 38.0 Å². The number of rotatable bonds is 2. The lowest BCUT2D eigenvalue weighted by atomic mass is 9.65. The Bertz CT molecular complexity index is 432. The number of hydrogen-bond donors (Lipinski definition) is 2. The number of carbonyl (C=O) groups is 2. The van der Waals surface area contributed by atoms with Crippen LogP contribution in [0.1, 0.15) is 51.9 Å². The minimum Gasteiger partial charge on any atom is -0.352 e. The molecule has 2 bridgehead atoms. The second-order valence-electron chi connectivity index (χ2n) is 7.52. The predicted molar refractivity (Wildman–Crippen MR) is 92.2 cm³/mol. The molecule has 0 spiro atoms. The van der Waals surface area contributed by atoms with Gasteiger partial charge in [0.05, 0.1) is 0 Å². The molecule has 2 saturated carbocycles. The fourth-order valence-corrected chi connectivity index (χ4v) is 4.83. The molecule has 0 aromatic carbocycles. The molecule has 0 aromatic heterocycles. The van der Waals surface area contributed by atoms with E-state index in [0.29, 0.717) is 30.3 Å². The summed E-state index contributed by atoms with van der Waals surface area (Å²) in [5.74, 6) is 1.54. The second kappa shape index (κ2) is 7.84. The van der Waals surface area contributed by atoms with Crippen molar-refractivity contribution in [3.8, 4) is 0 Å². The SMILES string of the molecule is CC(=O)NC1CCCN(C(=O)C2CC3CCCC(C2)C3N)C1.Cl. The first kappa shape index (κ1) is 18.5. The molecule has 3 fully saturated rings. The van der Waals surface area contributed by atoms with Crippen LogP contribution in [-0.4, -0.2) is 41.9 Å². The Morgan fingerprint density at radius 2 is 1.74 bits per heavy atom. The molecule has 3 N–H and O–H groups in total. The van der Waals surface area contributed by atoms with Gasteiger partial charge in [-0.05, 0) is 50.4 Å². The zero-order valence-corrected chi connectivity index (χ0v) is 14.8. The smallest absolute Gasteiger partial charge is 0.225 e. The fraction of sp³-hybridized carbons (Fsp3) is 0.882. The van der Waals surface area contributed by atoms with Crippen LogP contribution in [0.25, 0.3) is 0 Å². The number of likely N-dealkylation sites (tertiary alicyclic amines) is 1. The van der Waals surface area contributed by atoms with Crippen molar-refractivity contribution in [2.24, 2.45) is 23.5 Å². The van der Waals surface area contributed by atoms with Gasteiger partial charge in [0.25, 0.3) is 0 Å². The largest absolute Gasteiger partial charge is 0.352 e. The van der Waals surface area contributed by atoms with Gasteiger partial charge in [-0.3, -0.25) is 9.59 Å². The Morgan fingerprint density at radius 3 is 2.35 bits per heavy atom. The van der Waals surface area contributed by atoms with E-state index in [1.807, 2.05) is 4.90 Å². The molecule has 0 radical (unpaired) electrons. The van der Waals surface area contributed by atoms with Crippen molar-refractivity contribution in [1.82, 2.24) is 10.2 Å². The van der Waals surface area contributed by atoms with Gasteiger partial charge in [0.2, 0.25) is 11.8 Å². The predicted octanol–water partition coefficient (Wildman–Crippen LogP) is 1.69. The van der Waals surface area contributed by atoms with Gasteiger partial charge in [-0.2, -0.15) is 0 Å². The van der Waals surface area contributed by atoms with Crippen molar-refractivity contribution in [3.05, 3.63) is 0 Å². The Kier molecular flexibility index (Phi) is 6.32. The highest BCUT2D eigenvalue weighted by molar-refractivity contribution is 5.85. The summed E-state index contributed by atoms with van der Waals surface area (Å²) in [6, 6.07) is 0.437. The Labute approximate surface area is 145 Å². The van der Waals surface area contributed by atoms with Crippen molar-refractivity contribution < 1.29 is 9.59 Å². The Morgan fingerprint density at radius 1 is 1.09 bits per heavy atom. The number of nitrogens with two attached hydrogens (primary N) is 1. The lowest BCUT2D eigenvalue weighted by molar-refractivity contribution is -0.140. The van der Waals surface area contributed by atoms with Gasteiger partial charge in [-0.1, -0.05) is 6.42 Å². The molecule has 2 amide bonds. The third-order valence-electron chi connectivity index (χ3n) is 5.90. The summed E-state index contributed by atoms with van der Waals surface area (Å²) < 4.78 is 0. The molecule has 1 saturated heterocycles. The Balaban J connectivity index is 0.00000192. The maximum absolute atomic E-state index is 12.9. The summed E-state index contributed by atoms with van der Waals surface area (Å²) >= 11 is 0. The van der Waals surface area contributed by atoms with Crippen molar-refractivity contribution in [1.29, 1.82) is 0 Å². The molecule has 1 heterocycles. The van der Waals surface area contributed by atoms with Gasteiger partial charge in [-0.15, -0.1) is 12.4 Å². The van der Waals surface area contributed by atoms with Gasteiger partial charge < -0.3 is 16.0 Å². The highest BCUT2D eigenvalue weighted by Gasteiger charge is 2.42. The minimum absolute atomic E-state index is 0. The summed E-state index contributed by atoms with van der Waals surface area (Å²) in [6.45, 7) is 3.06. The van der Waals surface area contributed by atoms with E-state index in [2.05, 4.69) is 5.32 Å². The number of hydrogen-bond acceptors (Lipinski definition) is 3. The second-order valence-corrected chi connectivity index (χ2v) is 7.52. The molecule has 3 aliphatic rings. The standard InChI is InChI=1S/C17H29N3O2.ClH/c1-11(21)19-15-6-3-7-20(10-15)17(22)14-8-12-4-2-5-13(9-14)16(12)18;/h12-16H,2-10,18H2,1H3,(H,19,21);1H. The molecular formula is C17H30ClN3O2.